The predicted molar refractivity (Wildman–Crippen MR) is 73.4 cm³/mol. The molecule has 0 fully saturated rings. The number of benzene rings is 1. The van der Waals surface area contributed by atoms with Crippen molar-refractivity contribution in [3.05, 3.63) is 39.4 Å². The molecule has 7 heteroatoms. The normalized spacial score (nSPS) is 14.1. The Morgan fingerprint density at radius 1 is 1.30 bits per heavy atom. The lowest BCUT2D eigenvalue weighted by atomic mass is 10.1. The third-order valence-electron chi connectivity index (χ3n) is 3.09. The number of nitrogens with zero attached hydrogens (tertiary/aromatic N) is 3. The highest BCUT2D eigenvalue weighted by atomic mass is 79.9. The van der Waals surface area contributed by atoms with Crippen molar-refractivity contribution in [3.8, 4) is 0 Å². The molecular weight excluding hydrogens is 326 g/mol. The number of amides is 1. The fourth-order valence-electron chi connectivity index (χ4n) is 2.30. The monoisotopic (exact) mass is 335 g/mol. The maximum Gasteiger partial charge on any atom is 0.299 e. The number of fused-ring (bicyclic) bond motifs is 1. The summed E-state index contributed by atoms with van der Waals surface area (Å²) in [6.45, 7) is 3.64. The maximum absolute atomic E-state index is 12.1. The van der Waals surface area contributed by atoms with E-state index >= 15 is 0 Å². The van der Waals surface area contributed by atoms with Crippen molar-refractivity contribution in [2.75, 3.05) is 4.90 Å². The lowest BCUT2D eigenvalue weighted by molar-refractivity contribution is -0.114. The topological polar surface area (TPSA) is 76.3 Å². The number of Topliss-reactive ketones (excluding diaryl/α,β-unsaturated/α-hetero) is 1. The van der Waals surface area contributed by atoms with E-state index < -0.39 is 11.7 Å². The summed E-state index contributed by atoms with van der Waals surface area (Å²) in [6.07, 6.45) is 0. The lowest BCUT2D eigenvalue weighted by Gasteiger charge is -2.16. The summed E-state index contributed by atoms with van der Waals surface area (Å²) in [5.74, 6) is -0.280. The Hall–Kier alpha value is -2.02. The molecule has 0 radical (unpaired) electrons. The largest absolute Gasteiger partial charge is 0.340 e. The molecule has 1 aromatic carbocycles. The zero-order chi connectivity index (χ0) is 14.4. The van der Waals surface area contributed by atoms with Crippen LogP contribution in [0.5, 0.6) is 0 Å². The first-order valence-electron chi connectivity index (χ1n) is 5.93. The van der Waals surface area contributed by atoms with Gasteiger partial charge in [0.25, 0.3) is 11.7 Å². The number of carbonyl (C=O) groups is 2. The Kier molecular flexibility index (Phi) is 2.93. The quantitative estimate of drug-likeness (QED) is 0.786. The molecule has 0 spiro atoms. The number of ketones is 1. The smallest absolute Gasteiger partial charge is 0.299 e. The second-order valence-electron chi connectivity index (χ2n) is 4.57. The van der Waals surface area contributed by atoms with E-state index in [1.807, 2.05) is 13.0 Å². The van der Waals surface area contributed by atoms with E-state index in [4.69, 9.17) is 4.52 Å². The van der Waals surface area contributed by atoms with Gasteiger partial charge in [0.05, 0.1) is 17.8 Å². The first-order valence-corrected chi connectivity index (χ1v) is 6.72. The molecule has 6 nitrogen and oxygen atoms in total. The molecule has 102 valence electrons. The molecule has 2 heterocycles. The highest BCUT2D eigenvalue weighted by Crippen LogP contribution is 2.35. The Bertz CT molecular complexity index is 738. The minimum atomic E-state index is -0.566. The summed E-state index contributed by atoms with van der Waals surface area (Å²) in [6, 6.07) is 3.52. The number of rotatable bonds is 2. The molecule has 1 aliphatic heterocycles. The van der Waals surface area contributed by atoms with Gasteiger partial charge in [-0.3, -0.25) is 14.5 Å². The molecule has 0 saturated carbocycles. The Morgan fingerprint density at radius 3 is 2.70 bits per heavy atom. The van der Waals surface area contributed by atoms with E-state index in [1.165, 1.54) is 4.90 Å². The number of anilines is 1. The number of hydrogen-bond acceptors (Lipinski definition) is 5. The molecule has 3 rings (SSSR count). The molecule has 2 aromatic rings. The van der Waals surface area contributed by atoms with Crippen molar-refractivity contribution in [1.82, 2.24) is 10.1 Å². The lowest BCUT2D eigenvalue weighted by Crippen LogP contribution is -2.30. The van der Waals surface area contributed by atoms with Crippen LogP contribution in [0.4, 0.5) is 5.69 Å². The standard InChI is InChI=1S/C13H10BrN3O3/c1-6-3-8(14)4-9-11(6)17(13(19)12(9)18)5-10-15-7(2)20-16-10/h3-4H,5H2,1-2H3. The predicted octanol–water partition coefficient (Wildman–Crippen LogP) is 2.18. The first-order chi connectivity index (χ1) is 9.47. The van der Waals surface area contributed by atoms with Gasteiger partial charge in [0.1, 0.15) is 0 Å². The zero-order valence-electron chi connectivity index (χ0n) is 10.8. The SMILES string of the molecule is Cc1nc(CN2C(=O)C(=O)c3cc(Br)cc(C)c32)no1. The van der Waals surface area contributed by atoms with Gasteiger partial charge in [-0.15, -0.1) is 0 Å². The summed E-state index contributed by atoms with van der Waals surface area (Å²) in [7, 11) is 0. The molecule has 0 unspecified atom stereocenters. The molecular formula is C13H10BrN3O3. The number of aromatic nitrogens is 2. The van der Waals surface area contributed by atoms with Crippen molar-refractivity contribution in [2.24, 2.45) is 0 Å². The van der Waals surface area contributed by atoms with Crippen LogP contribution in [0.25, 0.3) is 0 Å². The van der Waals surface area contributed by atoms with E-state index in [1.54, 1.807) is 13.0 Å². The number of carbonyl (C=O) groups excluding carboxylic acids is 2. The third-order valence-corrected chi connectivity index (χ3v) is 3.55. The summed E-state index contributed by atoms with van der Waals surface area (Å²) in [5, 5.41) is 3.76. The Labute approximate surface area is 122 Å². The van der Waals surface area contributed by atoms with Crippen LogP contribution in [-0.4, -0.2) is 21.8 Å². The van der Waals surface area contributed by atoms with E-state index in [-0.39, 0.29) is 6.54 Å². The van der Waals surface area contributed by atoms with Crippen molar-refractivity contribution >= 4 is 33.3 Å². The molecule has 1 amide bonds. The van der Waals surface area contributed by atoms with Gasteiger partial charge in [-0.2, -0.15) is 4.98 Å². The minimum Gasteiger partial charge on any atom is -0.340 e. The van der Waals surface area contributed by atoms with E-state index in [0.29, 0.717) is 23.0 Å². The van der Waals surface area contributed by atoms with Crippen molar-refractivity contribution in [3.63, 3.8) is 0 Å². The van der Waals surface area contributed by atoms with Gasteiger partial charge in [-0.25, -0.2) is 0 Å². The summed E-state index contributed by atoms with van der Waals surface area (Å²) < 4.78 is 5.65. The van der Waals surface area contributed by atoms with Gasteiger partial charge in [0, 0.05) is 11.4 Å². The van der Waals surface area contributed by atoms with Gasteiger partial charge >= 0.3 is 0 Å². The summed E-state index contributed by atoms with van der Waals surface area (Å²) in [4.78, 5) is 29.6. The van der Waals surface area contributed by atoms with Crippen LogP contribution < -0.4 is 4.90 Å². The fraction of sp³-hybridized carbons (Fsp3) is 0.231. The molecule has 0 aliphatic carbocycles. The number of aryl methyl sites for hydroxylation is 2. The average Bonchev–Trinajstić information content (AvgIpc) is 2.88. The van der Waals surface area contributed by atoms with Crippen LogP contribution in [0.3, 0.4) is 0 Å². The second kappa shape index (κ2) is 4.52. The van der Waals surface area contributed by atoms with Gasteiger partial charge in [0.15, 0.2) is 5.82 Å². The van der Waals surface area contributed by atoms with Gasteiger partial charge in [0.2, 0.25) is 5.89 Å². The van der Waals surface area contributed by atoms with Crippen LogP contribution >= 0.6 is 15.9 Å². The molecule has 0 atom stereocenters. The van der Waals surface area contributed by atoms with Crippen LogP contribution in [0.1, 0.15) is 27.6 Å². The average molecular weight is 336 g/mol. The van der Waals surface area contributed by atoms with Crippen LogP contribution in [0.15, 0.2) is 21.1 Å². The van der Waals surface area contributed by atoms with Gasteiger partial charge in [-0.1, -0.05) is 21.1 Å². The van der Waals surface area contributed by atoms with Crippen LogP contribution in [0, 0.1) is 13.8 Å². The Balaban J connectivity index is 2.06. The van der Waals surface area contributed by atoms with E-state index in [9.17, 15) is 9.59 Å². The molecule has 1 aliphatic rings. The molecule has 20 heavy (non-hydrogen) atoms. The number of hydrogen-bond donors (Lipinski definition) is 0. The minimum absolute atomic E-state index is 0.122. The van der Waals surface area contributed by atoms with Gasteiger partial charge < -0.3 is 4.52 Å². The highest BCUT2D eigenvalue weighted by molar-refractivity contribution is 9.10. The van der Waals surface area contributed by atoms with Crippen molar-refractivity contribution in [1.29, 1.82) is 0 Å². The second-order valence-corrected chi connectivity index (χ2v) is 5.48. The fourth-order valence-corrected chi connectivity index (χ4v) is 2.88. The van der Waals surface area contributed by atoms with Crippen LogP contribution in [-0.2, 0) is 11.3 Å². The van der Waals surface area contributed by atoms with Crippen LogP contribution in [0.2, 0.25) is 0 Å². The van der Waals surface area contributed by atoms with Crippen molar-refractivity contribution < 1.29 is 14.1 Å². The number of halogens is 1. The van der Waals surface area contributed by atoms with Crippen molar-refractivity contribution in [2.45, 2.75) is 20.4 Å². The third kappa shape index (κ3) is 1.94. The van der Waals surface area contributed by atoms with E-state index in [0.717, 1.165) is 10.0 Å². The molecule has 0 saturated heterocycles. The molecule has 1 aromatic heterocycles. The highest BCUT2D eigenvalue weighted by Gasteiger charge is 2.37. The summed E-state index contributed by atoms with van der Waals surface area (Å²) in [5.41, 5.74) is 1.86. The summed E-state index contributed by atoms with van der Waals surface area (Å²) >= 11 is 3.33. The zero-order valence-corrected chi connectivity index (χ0v) is 12.4. The molecule has 0 N–H and O–H groups in total. The maximum atomic E-state index is 12.1. The van der Waals surface area contributed by atoms with Gasteiger partial charge in [-0.05, 0) is 24.6 Å². The molecule has 0 bridgehead atoms. The Morgan fingerprint density at radius 2 is 2.05 bits per heavy atom. The van der Waals surface area contributed by atoms with E-state index in [2.05, 4.69) is 26.1 Å². The first kappa shape index (κ1) is 13.0.